The van der Waals surface area contributed by atoms with E-state index in [0.717, 1.165) is 22.4 Å². The third-order valence-electron chi connectivity index (χ3n) is 4.00. The standard InChI is InChI=1S/C16H25ClN2S/c1-12-7-8-13(16(17)9-12)10-14(19-18)11-20-15-5-3-2-4-6-15/h7-9,14-15,19H,2-6,10-11,18H2,1H3. The van der Waals surface area contributed by atoms with Gasteiger partial charge in [-0.05, 0) is 43.4 Å². The van der Waals surface area contributed by atoms with E-state index in [-0.39, 0.29) is 0 Å². The fraction of sp³-hybridized carbons (Fsp3) is 0.625. The summed E-state index contributed by atoms with van der Waals surface area (Å²) in [6, 6.07) is 6.55. The zero-order valence-corrected chi connectivity index (χ0v) is 13.8. The van der Waals surface area contributed by atoms with Crippen LogP contribution in [0.4, 0.5) is 0 Å². The largest absolute Gasteiger partial charge is 0.271 e. The summed E-state index contributed by atoms with van der Waals surface area (Å²) in [5.41, 5.74) is 5.34. The summed E-state index contributed by atoms with van der Waals surface area (Å²) in [7, 11) is 0. The number of hydrogen-bond donors (Lipinski definition) is 2. The second-order valence-electron chi connectivity index (χ2n) is 5.76. The molecule has 1 aromatic rings. The molecule has 1 aliphatic rings. The van der Waals surface area contributed by atoms with Gasteiger partial charge in [0.05, 0.1) is 0 Å². The Morgan fingerprint density at radius 1 is 1.35 bits per heavy atom. The number of hydrogen-bond acceptors (Lipinski definition) is 3. The van der Waals surface area contributed by atoms with Crippen molar-refractivity contribution in [2.24, 2.45) is 5.84 Å². The van der Waals surface area contributed by atoms with E-state index in [1.54, 1.807) is 0 Å². The van der Waals surface area contributed by atoms with Gasteiger partial charge in [-0.25, -0.2) is 0 Å². The third-order valence-corrected chi connectivity index (χ3v) is 5.89. The Kier molecular flexibility index (Phi) is 6.69. The Morgan fingerprint density at radius 2 is 2.10 bits per heavy atom. The Morgan fingerprint density at radius 3 is 2.75 bits per heavy atom. The molecule has 4 heteroatoms. The van der Waals surface area contributed by atoms with Crippen LogP contribution in [0.25, 0.3) is 0 Å². The van der Waals surface area contributed by atoms with Gasteiger partial charge in [0, 0.05) is 22.1 Å². The van der Waals surface area contributed by atoms with Gasteiger partial charge in [-0.2, -0.15) is 11.8 Å². The summed E-state index contributed by atoms with van der Waals surface area (Å²) in [6.07, 6.45) is 7.83. The highest BCUT2D eigenvalue weighted by Crippen LogP contribution is 2.29. The molecule has 0 radical (unpaired) electrons. The lowest BCUT2D eigenvalue weighted by Gasteiger charge is -2.24. The van der Waals surface area contributed by atoms with Gasteiger partial charge >= 0.3 is 0 Å². The quantitative estimate of drug-likeness (QED) is 0.614. The second kappa shape index (κ2) is 8.28. The molecule has 0 aliphatic heterocycles. The van der Waals surface area contributed by atoms with Crippen LogP contribution in [0.15, 0.2) is 18.2 Å². The highest BCUT2D eigenvalue weighted by Gasteiger charge is 2.17. The van der Waals surface area contributed by atoms with Crippen LogP contribution in [0.5, 0.6) is 0 Å². The molecule has 0 spiro atoms. The summed E-state index contributed by atoms with van der Waals surface area (Å²) in [5.74, 6) is 6.77. The summed E-state index contributed by atoms with van der Waals surface area (Å²) < 4.78 is 0. The molecule has 1 aliphatic carbocycles. The van der Waals surface area contributed by atoms with Crippen LogP contribution in [0.3, 0.4) is 0 Å². The van der Waals surface area contributed by atoms with Gasteiger partial charge in [0.1, 0.15) is 0 Å². The first-order chi connectivity index (χ1) is 9.69. The lowest BCUT2D eigenvalue weighted by Crippen LogP contribution is -2.39. The molecule has 2 rings (SSSR count). The van der Waals surface area contributed by atoms with Gasteiger partial charge in [-0.3, -0.25) is 11.3 Å². The predicted molar refractivity (Wildman–Crippen MR) is 90.3 cm³/mol. The average molecular weight is 313 g/mol. The Labute approximate surface area is 131 Å². The van der Waals surface area contributed by atoms with Crippen molar-refractivity contribution in [1.82, 2.24) is 5.43 Å². The number of nitrogens with two attached hydrogens (primary N) is 1. The van der Waals surface area contributed by atoms with E-state index in [2.05, 4.69) is 36.2 Å². The molecule has 1 atom stereocenters. The molecule has 3 N–H and O–H groups in total. The average Bonchev–Trinajstić information content (AvgIpc) is 2.46. The smallest absolute Gasteiger partial charge is 0.0441 e. The third kappa shape index (κ3) is 4.96. The molecule has 0 aromatic heterocycles. The molecule has 0 heterocycles. The molecule has 0 saturated heterocycles. The van der Waals surface area contributed by atoms with Crippen molar-refractivity contribution in [2.45, 2.75) is 56.7 Å². The second-order valence-corrected chi connectivity index (χ2v) is 7.50. The van der Waals surface area contributed by atoms with Crippen LogP contribution in [-0.4, -0.2) is 17.0 Å². The monoisotopic (exact) mass is 312 g/mol. The van der Waals surface area contributed by atoms with Gasteiger partial charge < -0.3 is 0 Å². The SMILES string of the molecule is Cc1ccc(CC(CSC2CCCCC2)NN)c(Cl)c1. The molecular weight excluding hydrogens is 288 g/mol. The number of aryl methyl sites for hydroxylation is 1. The van der Waals surface area contributed by atoms with Gasteiger partial charge in [-0.1, -0.05) is 43.0 Å². The maximum atomic E-state index is 6.30. The molecule has 0 bridgehead atoms. The minimum Gasteiger partial charge on any atom is -0.271 e. The van der Waals surface area contributed by atoms with E-state index >= 15 is 0 Å². The Bertz CT molecular complexity index is 419. The lowest BCUT2D eigenvalue weighted by atomic mass is 10.0. The molecule has 1 saturated carbocycles. The van der Waals surface area contributed by atoms with Crippen molar-refractivity contribution in [3.8, 4) is 0 Å². The van der Waals surface area contributed by atoms with Crippen LogP contribution in [0.2, 0.25) is 5.02 Å². The summed E-state index contributed by atoms with van der Waals surface area (Å²) in [4.78, 5) is 0. The zero-order chi connectivity index (χ0) is 14.4. The number of halogens is 1. The van der Waals surface area contributed by atoms with Gasteiger partial charge in [0.15, 0.2) is 0 Å². The van der Waals surface area contributed by atoms with E-state index in [9.17, 15) is 0 Å². The van der Waals surface area contributed by atoms with Crippen molar-refractivity contribution in [3.05, 3.63) is 34.3 Å². The fourth-order valence-electron chi connectivity index (χ4n) is 2.73. The van der Waals surface area contributed by atoms with E-state index in [4.69, 9.17) is 17.4 Å². The molecule has 1 aromatic carbocycles. The number of hydrazine groups is 1. The predicted octanol–water partition coefficient (Wildman–Crippen LogP) is 4.09. The molecule has 1 fully saturated rings. The minimum absolute atomic E-state index is 0.294. The van der Waals surface area contributed by atoms with E-state index in [1.165, 1.54) is 43.2 Å². The number of nitrogens with one attached hydrogen (secondary N) is 1. The van der Waals surface area contributed by atoms with E-state index in [0.29, 0.717) is 6.04 Å². The molecule has 1 unspecified atom stereocenters. The normalized spacial score (nSPS) is 18.1. The number of rotatable bonds is 6. The molecule has 112 valence electrons. The van der Waals surface area contributed by atoms with E-state index in [1.807, 2.05) is 6.07 Å². The van der Waals surface area contributed by atoms with Crippen molar-refractivity contribution in [3.63, 3.8) is 0 Å². The van der Waals surface area contributed by atoms with Crippen LogP contribution >= 0.6 is 23.4 Å². The molecule has 0 amide bonds. The maximum absolute atomic E-state index is 6.30. The number of thioether (sulfide) groups is 1. The fourth-order valence-corrected chi connectivity index (χ4v) is 4.43. The molecular formula is C16H25ClN2S. The number of benzene rings is 1. The Hall–Kier alpha value is -0.220. The van der Waals surface area contributed by atoms with Gasteiger partial charge in [0.25, 0.3) is 0 Å². The van der Waals surface area contributed by atoms with Crippen molar-refractivity contribution < 1.29 is 0 Å². The Balaban J connectivity index is 1.84. The zero-order valence-electron chi connectivity index (χ0n) is 12.2. The summed E-state index contributed by atoms with van der Waals surface area (Å²) in [5, 5.41) is 1.68. The van der Waals surface area contributed by atoms with Crippen LogP contribution in [0, 0.1) is 6.92 Å². The van der Waals surface area contributed by atoms with E-state index < -0.39 is 0 Å². The van der Waals surface area contributed by atoms with Gasteiger partial charge in [0.2, 0.25) is 0 Å². The van der Waals surface area contributed by atoms with Crippen molar-refractivity contribution >= 4 is 23.4 Å². The highest BCUT2D eigenvalue weighted by molar-refractivity contribution is 7.99. The van der Waals surface area contributed by atoms with Crippen molar-refractivity contribution in [1.29, 1.82) is 0 Å². The lowest BCUT2D eigenvalue weighted by molar-refractivity contribution is 0.513. The first-order valence-electron chi connectivity index (χ1n) is 7.52. The van der Waals surface area contributed by atoms with Crippen LogP contribution < -0.4 is 11.3 Å². The minimum atomic E-state index is 0.294. The molecule has 20 heavy (non-hydrogen) atoms. The van der Waals surface area contributed by atoms with Gasteiger partial charge in [-0.15, -0.1) is 0 Å². The first kappa shape index (κ1) is 16.2. The summed E-state index contributed by atoms with van der Waals surface area (Å²) in [6.45, 7) is 2.06. The van der Waals surface area contributed by atoms with Crippen molar-refractivity contribution in [2.75, 3.05) is 5.75 Å². The first-order valence-corrected chi connectivity index (χ1v) is 8.94. The van der Waals surface area contributed by atoms with Crippen LogP contribution in [0.1, 0.15) is 43.2 Å². The topological polar surface area (TPSA) is 38.0 Å². The maximum Gasteiger partial charge on any atom is 0.0441 e. The highest BCUT2D eigenvalue weighted by atomic mass is 35.5. The molecule has 2 nitrogen and oxygen atoms in total. The summed E-state index contributed by atoms with van der Waals surface area (Å²) >= 11 is 8.38. The van der Waals surface area contributed by atoms with Crippen LogP contribution in [-0.2, 0) is 6.42 Å².